The first-order valence-corrected chi connectivity index (χ1v) is 15.8. The van der Waals surface area contributed by atoms with Gasteiger partial charge in [-0.15, -0.1) is 11.3 Å². The second-order valence-corrected chi connectivity index (χ2v) is 12.5. The zero-order valence-electron chi connectivity index (χ0n) is 23.5. The number of fused-ring (bicyclic) bond motifs is 9. The van der Waals surface area contributed by atoms with Gasteiger partial charge in [-0.3, -0.25) is 0 Å². The molecule has 0 fully saturated rings. The molecule has 0 bridgehead atoms. The number of halogens is 1. The average Bonchev–Trinajstić information content (AvgIpc) is 3.45. The molecule has 9 rings (SSSR count). The minimum atomic E-state index is 0.261. The van der Waals surface area contributed by atoms with E-state index in [-0.39, 0.29) is 5.28 Å². The van der Waals surface area contributed by atoms with Gasteiger partial charge in [0.15, 0.2) is 0 Å². The molecule has 0 unspecified atom stereocenters. The van der Waals surface area contributed by atoms with Crippen molar-refractivity contribution in [1.82, 2.24) is 9.97 Å². The van der Waals surface area contributed by atoms with E-state index in [1.165, 1.54) is 48.1 Å². The molecule has 0 saturated carbocycles. The highest BCUT2D eigenvalue weighted by molar-refractivity contribution is 7.25. The fourth-order valence-corrected chi connectivity index (χ4v) is 7.88. The van der Waals surface area contributed by atoms with E-state index >= 15 is 0 Å². The van der Waals surface area contributed by atoms with E-state index in [1.807, 2.05) is 6.07 Å². The number of benzene rings is 7. The van der Waals surface area contributed by atoms with Crippen molar-refractivity contribution in [2.75, 3.05) is 0 Å². The third-order valence-corrected chi connectivity index (χ3v) is 9.86. The molecular weight excluding hydrogens is 576 g/mol. The van der Waals surface area contributed by atoms with Gasteiger partial charge < -0.3 is 0 Å². The summed E-state index contributed by atoms with van der Waals surface area (Å²) in [6.45, 7) is 0. The van der Waals surface area contributed by atoms with E-state index in [1.54, 1.807) is 11.3 Å². The standard InChI is InChI=1S/C40H23ClN2S/c41-40-42-38(37-35-23-26(24-9-2-1-3-10-24)18-20-36(35)44-39(37)43-40)28-12-8-11-25(21-28)27-17-19-33-31-15-5-4-13-29(31)30-14-6-7-16-32(30)34(33)22-27/h1-23H. The lowest BCUT2D eigenvalue weighted by molar-refractivity contribution is 1.24. The van der Waals surface area contributed by atoms with Crippen molar-refractivity contribution in [2.45, 2.75) is 0 Å². The van der Waals surface area contributed by atoms with Crippen molar-refractivity contribution < 1.29 is 0 Å². The van der Waals surface area contributed by atoms with Gasteiger partial charge in [-0.2, -0.15) is 0 Å². The van der Waals surface area contributed by atoms with Gasteiger partial charge in [-0.05, 0) is 90.4 Å². The maximum Gasteiger partial charge on any atom is 0.224 e. The van der Waals surface area contributed by atoms with Crippen LogP contribution in [0, 0.1) is 0 Å². The van der Waals surface area contributed by atoms with Crippen LogP contribution in [0.5, 0.6) is 0 Å². The topological polar surface area (TPSA) is 25.8 Å². The molecule has 0 spiro atoms. The summed E-state index contributed by atoms with van der Waals surface area (Å²) in [6.07, 6.45) is 0. The van der Waals surface area contributed by atoms with Crippen LogP contribution in [0.25, 0.3) is 86.1 Å². The molecule has 0 aliphatic carbocycles. The number of nitrogens with zero attached hydrogens (tertiary/aromatic N) is 2. The lowest BCUT2D eigenvalue weighted by Crippen LogP contribution is -1.90. The van der Waals surface area contributed by atoms with Gasteiger partial charge in [-0.1, -0.05) is 115 Å². The van der Waals surface area contributed by atoms with Gasteiger partial charge in [0.2, 0.25) is 5.28 Å². The molecule has 2 aromatic heterocycles. The summed E-state index contributed by atoms with van der Waals surface area (Å²) in [7, 11) is 0. The van der Waals surface area contributed by atoms with E-state index in [0.29, 0.717) is 0 Å². The molecule has 0 radical (unpaired) electrons. The first kappa shape index (κ1) is 25.4. The van der Waals surface area contributed by atoms with Crippen molar-refractivity contribution in [2.24, 2.45) is 0 Å². The Hall–Kier alpha value is -5.09. The Morgan fingerprint density at radius 2 is 0.955 bits per heavy atom. The predicted octanol–water partition coefficient (Wildman–Crippen LogP) is 12.0. The number of hydrogen-bond donors (Lipinski definition) is 0. The molecule has 2 nitrogen and oxygen atoms in total. The molecule has 0 saturated heterocycles. The Morgan fingerprint density at radius 3 is 1.70 bits per heavy atom. The quantitative estimate of drug-likeness (QED) is 0.149. The highest BCUT2D eigenvalue weighted by Gasteiger charge is 2.17. The Balaban J connectivity index is 1.24. The monoisotopic (exact) mass is 598 g/mol. The van der Waals surface area contributed by atoms with Crippen LogP contribution in [0.3, 0.4) is 0 Å². The summed E-state index contributed by atoms with van der Waals surface area (Å²) >= 11 is 8.20. The van der Waals surface area contributed by atoms with Crippen LogP contribution in [0.15, 0.2) is 140 Å². The molecule has 0 atom stereocenters. The summed E-state index contributed by atoms with van der Waals surface area (Å²) < 4.78 is 1.17. The molecule has 44 heavy (non-hydrogen) atoms. The van der Waals surface area contributed by atoms with Gasteiger partial charge in [-0.25, -0.2) is 9.97 Å². The molecule has 4 heteroatoms. The number of aromatic nitrogens is 2. The third-order valence-electron chi connectivity index (χ3n) is 8.62. The van der Waals surface area contributed by atoms with Crippen LogP contribution in [0.2, 0.25) is 5.28 Å². The molecule has 7 aromatic carbocycles. The maximum atomic E-state index is 6.54. The fourth-order valence-electron chi connectivity index (χ4n) is 6.60. The molecule has 0 aliphatic rings. The molecule has 206 valence electrons. The number of hydrogen-bond acceptors (Lipinski definition) is 3. The van der Waals surface area contributed by atoms with Crippen LogP contribution in [0.1, 0.15) is 0 Å². The third kappa shape index (κ3) is 4.01. The molecule has 9 aromatic rings. The molecule has 0 N–H and O–H groups in total. The first-order chi connectivity index (χ1) is 21.7. The average molecular weight is 599 g/mol. The highest BCUT2D eigenvalue weighted by atomic mass is 35.5. The number of thiophene rings is 1. The SMILES string of the molecule is Clc1nc(-c2cccc(-c3ccc4c5ccccc5c5ccccc5c4c3)c2)c2c(n1)sc1ccc(-c3ccccc3)cc12. The largest absolute Gasteiger partial charge is 0.224 e. The van der Waals surface area contributed by atoms with Gasteiger partial charge in [0, 0.05) is 21.0 Å². The van der Waals surface area contributed by atoms with Crippen LogP contribution < -0.4 is 0 Å². The van der Waals surface area contributed by atoms with Crippen molar-refractivity contribution in [1.29, 1.82) is 0 Å². The van der Waals surface area contributed by atoms with Crippen molar-refractivity contribution >= 4 is 75.6 Å². The molecule has 0 amide bonds. The van der Waals surface area contributed by atoms with E-state index in [9.17, 15) is 0 Å². The summed E-state index contributed by atoms with van der Waals surface area (Å²) in [5.74, 6) is 0. The predicted molar refractivity (Wildman–Crippen MR) is 189 cm³/mol. The second-order valence-electron chi connectivity index (χ2n) is 11.1. The Morgan fingerprint density at radius 1 is 0.409 bits per heavy atom. The summed E-state index contributed by atoms with van der Waals surface area (Å²) in [4.78, 5) is 10.4. The fraction of sp³-hybridized carbons (Fsp3) is 0. The lowest BCUT2D eigenvalue weighted by atomic mass is 9.91. The molecule has 0 aliphatic heterocycles. The first-order valence-electron chi connectivity index (χ1n) is 14.6. The van der Waals surface area contributed by atoms with E-state index in [2.05, 4.69) is 138 Å². The zero-order valence-corrected chi connectivity index (χ0v) is 25.0. The minimum absolute atomic E-state index is 0.261. The smallest absolute Gasteiger partial charge is 0.217 e. The van der Waals surface area contributed by atoms with Gasteiger partial charge in [0.25, 0.3) is 0 Å². The zero-order chi connectivity index (χ0) is 29.2. The van der Waals surface area contributed by atoms with Crippen molar-refractivity contribution in [3.8, 4) is 33.5 Å². The van der Waals surface area contributed by atoms with E-state index < -0.39 is 0 Å². The molecule has 2 heterocycles. The van der Waals surface area contributed by atoms with Crippen molar-refractivity contribution in [3.63, 3.8) is 0 Å². The van der Waals surface area contributed by atoms with Gasteiger partial charge >= 0.3 is 0 Å². The summed E-state index contributed by atoms with van der Waals surface area (Å²) in [6, 6.07) is 50.0. The lowest BCUT2D eigenvalue weighted by Gasteiger charge is -2.12. The second kappa shape index (κ2) is 9.99. The van der Waals surface area contributed by atoms with Crippen LogP contribution in [0.4, 0.5) is 0 Å². The van der Waals surface area contributed by atoms with Gasteiger partial charge in [0.1, 0.15) is 4.83 Å². The normalized spacial score (nSPS) is 11.8. The Bertz CT molecular complexity index is 2530. The van der Waals surface area contributed by atoms with E-state index in [0.717, 1.165) is 38.0 Å². The minimum Gasteiger partial charge on any atom is -0.217 e. The van der Waals surface area contributed by atoms with Gasteiger partial charge in [0.05, 0.1) is 5.69 Å². The van der Waals surface area contributed by atoms with E-state index in [4.69, 9.17) is 16.6 Å². The summed E-state index contributed by atoms with van der Waals surface area (Å²) in [5, 5.41) is 10.1. The Labute approximate surface area is 262 Å². The van der Waals surface area contributed by atoms with Crippen LogP contribution in [-0.2, 0) is 0 Å². The Kier molecular flexibility index (Phi) is 5.77. The maximum absolute atomic E-state index is 6.54. The molecular formula is C40H23ClN2S. The summed E-state index contributed by atoms with van der Waals surface area (Å²) in [5.41, 5.74) is 6.53. The number of rotatable bonds is 3. The van der Waals surface area contributed by atoms with Crippen molar-refractivity contribution in [3.05, 3.63) is 145 Å². The van der Waals surface area contributed by atoms with Crippen LogP contribution in [-0.4, -0.2) is 9.97 Å². The highest BCUT2D eigenvalue weighted by Crippen LogP contribution is 2.42. The van der Waals surface area contributed by atoms with Crippen LogP contribution >= 0.6 is 22.9 Å².